The summed E-state index contributed by atoms with van der Waals surface area (Å²) in [6.45, 7) is 4.19. The Morgan fingerprint density at radius 3 is 2.69 bits per heavy atom. The molecule has 2 heteroatoms. The van der Waals surface area contributed by atoms with Crippen LogP contribution in [0.2, 0.25) is 0 Å². The van der Waals surface area contributed by atoms with Gasteiger partial charge in [0.1, 0.15) is 0 Å². The summed E-state index contributed by atoms with van der Waals surface area (Å²) in [6.07, 6.45) is 0. The minimum atomic E-state index is 0.672. The highest BCUT2D eigenvalue weighted by atomic mass is 14.7. The number of aliphatic imine (C=N–C) groups is 1. The third kappa shape index (κ3) is 1.31. The third-order valence-corrected chi connectivity index (χ3v) is 2.86. The molecule has 1 aromatic heterocycles. The molecule has 0 aliphatic rings. The Bertz CT molecular complexity index is 665. The van der Waals surface area contributed by atoms with Gasteiger partial charge < -0.3 is 4.98 Å². The monoisotopic (exact) mass is 208 g/mol. The fourth-order valence-electron chi connectivity index (χ4n) is 2.13. The topological polar surface area (TPSA) is 28.1 Å². The molecule has 2 aromatic carbocycles. The van der Waals surface area contributed by atoms with Gasteiger partial charge in [0.05, 0.1) is 6.54 Å². The Morgan fingerprint density at radius 1 is 1.00 bits per heavy atom. The lowest BCUT2D eigenvalue weighted by molar-refractivity contribution is 1.09. The Balaban J connectivity index is 2.32. The van der Waals surface area contributed by atoms with Crippen molar-refractivity contribution in [3.63, 3.8) is 0 Å². The molecule has 0 saturated heterocycles. The second kappa shape index (κ2) is 3.49. The Kier molecular flexibility index (Phi) is 2.00. The molecule has 3 rings (SSSR count). The van der Waals surface area contributed by atoms with E-state index in [4.69, 9.17) is 0 Å². The molecule has 16 heavy (non-hydrogen) atoms. The molecule has 2 nitrogen and oxygen atoms in total. The fourth-order valence-corrected chi connectivity index (χ4v) is 2.13. The maximum Gasteiger partial charge on any atom is 0.0633 e. The van der Waals surface area contributed by atoms with E-state index >= 15 is 0 Å². The van der Waals surface area contributed by atoms with Crippen molar-refractivity contribution in [2.75, 3.05) is 0 Å². The van der Waals surface area contributed by atoms with E-state index in [1.54, 1.807) is 0 Å². The number of hydrogen-bond donors (Lipinski definition) is 1. The largest absolute Gasteiger partial charge is 0.355 e. The van der Waals surface area contributed by atoms with Crippen molar-refractivity contribution in [3.05, 3.63) is 48.0 Å². The molecule has 0 fully saturated rings. The molecule has 1 heterocycles. The van der Waals surface area contributed by atoms with Crippen LogP contribution in [0.3, 0.4) is 0 Å². The van der Waals surface area contributed by atoms with Crippen molar-refractivity contribution in [1.29, 1.82) is 0 Å². The Labute approximate surface area is 93.6 Å². The summed E-state index contributed by atoms with van der Waals surface area (Å²) >= 11 is 0. The molecule has 0 bridgehead atoms. The average molecular weight is 208 g/mol. The van der Waals surface area contributed by atoms with Crippen LogP contribution in [0, 0.1) is 0 Å². The van der Waals surface area contributed by atoms with E-state index < -0.39 is 0 Å². The quantitative estimate of drug-likeness (QED) is 0.624. The van der Waals surface area contributed by atoms with Crippen LogP contribution in [0.15, 0.2) is 47.5 Å². The fraction of sp³-hybridized carbons (Fsp3) is 0.0714. The zero-order valence-corrected chi connectivity index (χ0v) is 8.90. The van der Waals surface area contributed by atoms with Gasteiger partial charge >= 0.3 is 0 Å². The van der Waals surface area contributed by atoms with Crippen molar-refractivity contribution in [1.82, 2.24) is 4.98 Å². The highest BCUT2D eigenvalue weighted by molar-refractivity contribution is 6.07. The van der Waals surface area contributed by atoms with Crippen LogP contribution in [-0.2, 0) is 6.54 Å². The molecular weight excluding hydrogens is 196 g/mol. The number of aromatic nitrogens is 1. The number of nitrogens with one attached hydrogen (secondary N) is 1. The SMILES string of the molecule is C=NCc1ccc2c(c1)[nH]c1ccccc12. The Morgan fingerprint density at radius 2 is 1.81 bits per heavy atom. The predicted molar refractivity (Wildman–Crippen MR) is 69.1 cm³/mol. The molecule has 0 spiro atoms. The summed E-state index contributed by atoms with van der Waals surface area (Å²) in [5, 5.41) is 2.54. The van der Waals surface area contributed by atoms with Gasteiger partial charge in [0, 0.05) is 21.8 Å². The summed E-state index contributed by atoms with van der Waals surface area (Å²) < 4.78 is 0. The van der Waals surface area contributed by atoms with E-state index in [1.165, 1.54) is 27.4 Å². The number of aromatic amines is 1. The number of fused-ring (bicyclic) bond motifs is 3. The molecule has 0 amide bonds. The first-order chi connectivity index (χ1) is 7.88. The first-order valence-electron chi connectivity index (χ1n) is 5.30. The van der Waals surface area contributed by atoms with Gasteiger partial charge in [0.25, 0.3) is 0 Å². The van der Waals surface area contributed by atoms with Crippen LogP contribution in [-0.4, -0.2) is 11.7 Å². The minimum Gasteiger partial charge on any atom is -0.355 e. The number of H-pyrrole nitrogens is 1. The maximum absolute atomic E-state index is 3.90. The maximum atomic E-state index is 3.90. The molecule has 0 unspecified atom stereocenters. The van der Waals surface area contributed by atoms with Crippen LogP contribution >= 0.6 is 0 Å². The number of nitrogens with zero attached hydrogens (tertiary/aromatic N) is 1. The second-order valence-electron chi connectivity index (χ2n) is 3.93. The van der Waals surface area contributed by atoms with E-state index in [0.717, 1.165) is 0 Å². The normalized spacial score (nSPS) is 11.0. The van der Waals surface area contributed by atoms with Gasteiger partial charge in [-0.05, 0) is 24.4 Å². The van der Waals surface area contributed by atoms with Gasteiger partial charge in [-0.25, -0.2) is 0 Å². The molecular formula is C14H12N2. The van der Waals surface area contributed by atoms with Crippen LogP contribution in [0.1, 0.15) is 5.56 Å². The number of hydrogen-bond acceptors (Lipinski definition) is 1. The highest BCUT2D eigenvalue weighted by Crippen LogP contribution is 2.25. The lowest BCUT2D eigenvalue weighted by Gasteiger charge is -1.96. The average Bonchev–Trinajstić information content (AvgIpc) is 2.67. The minimum absolute atomic E-state index is 0.672. The van der Waals surface area contributed by atoms with Gasteiger partial charge in [-0.15, -0.1) is 0 Å². The zero-order valence-electron chi connectivity index (χ0n) is 8.90. The smallest absolute Gasteiger partial charge is 0.0633 e. The molecule has 3 aromatic rings. The van der Waals surface area contributed by atoms with Gasteiger partial charge in [-0.1, -0.05) is 30.3 Å². The van der Waals surface area contributed by atoms with Crippen LogP contribution in [0.4, 0.5) is 0 Å². The molecule has 0 atom stereocenters. The molecule has 1 N–H and O–H groups in total. The first kappa shape index (κ1) is 9.16. The van der Waals surface area contributed by atoms with Crippen LogP contribution in [0.5, 0.6) is 0 Å². The molecule has 78 valence electrons. The van der Waals surface area contributed by atoms with Crippen molar-refractivity contribution in [3.8, 4) is 0 Å². The number of rotatable bonds is 2. The lowest BCUT2D eigenvalue weighted by Crippen LogP contribution is -1.79. The van der Waals surface area contributed by atoms with E-state index in [-0.39, 0.29) is 0 Å². The molecule has 0 saturated carbocycles. The van der Waals surface area contributed by atoms with Crippen LogP contribution < -0.4 is 0 Å². The van der Waals surface area contributed by atoms with E-state index in [9.17, 15) is 0 Å². The number of benzene rings is 2. The summed E-state index contributed by atoms with van der Waals surface area (Å²) in [7, 11) is 0. The van der Waals surface area contributed by atoms with E-state index in [1.807, 2.05) is 6.07 Å². The summed E-state index contributed by atoms with van der Waals surface area (Å²) in [5.41, 5.74) is 3.54. The molecule has 0 aliphatic heterocycles. The zero-order chi connectivity index (χ0) is 11.0. The summed E-state index contributed by atoms with van der Waals surface area (Å²) in [5.74, 6) is 0. The van der Waals surface area contributed by atoms with Crippen molar-refractivity contribution in [2.45, 2.75) is 6.54 Å². The summed E-state index contributed by atoms with van der Waals surface area (Å²) in [4.78, 5) is 7.32. The third-order valence-electron chi connectivity index (χ3n) is 2.86. The van der Waals surface area contributed by atoms with Crippen molar-refractivity contribution >= 4 is 28.5 Å². The standard InChI is InChI=1S/C14H12N2/c1-15-9-10-6-7-12-11-4-2-3-5-13(11)16-14(12)8-10/h2-8,16H,1,9H2. The molecule has 0 radical (unpaired) electrons. The van der Waals surface area contributed by atoms with Crippen LogP contribution in [0.25, 0.3) is 21.8 Å². The predicted octanol–water partition coefficient (Wildman–Crippen LogP) is 3.52. The van der Waals surface area contributed by atoms with Gasteiger partial charge in [0.15, 0.2) is 0 Å². The number of para-hydroxylation sites is 1. The first-order valence-corrected chi connectivity index (χ1v) is 5.30. The van der Waals surface area contributed by atoms with Crippen molar-refractivity contribution < 1.29 is 0 Å². The van der Waals surface area contributed by atoms with E-state index in [0.29, 0.717) is 6.54 Å². The van der Waals surface area contributed by atoms with Gasteiger partial charge in [0.2, 0.25) is 0 Å². The van der Waals surface area contributed by atoms with Crippen molar-refractivity contribution in [2.24, 2.45) is 4.99 Å². The highest BCUT2D eigenvalue weighted by Gasteiger charge is 2.03. The summed E-state index contributed by atoms with van der Waals surface area (Å²) in [6, 6.07) is 14.7. The second-order valence-corrected chi connectivity index (χ2v) is 3.93. The molecule has 0 aliphatic carbocycles. The van der Waals surface area contributed by atoms with Gasteiger partial charge in [-0.2, -0.15) is 0 Å². The Hall–Kier alpha value is -2.09. The van der Waals surface area contributed by atoms with Gasteiger partial charge in [-0.3, -0.25) is 4.99 Å². The lowest BCUT2D eigenvalue weighted by atomic mass is 10.1. The van der Waals surface area contributed by atoms with E-state index in [2.05, 4.69) is 53.1 Å².